The standard InChI is InChI=1S/C24H35NO6/c1-16(2)21-14-31-24(28)25(21)23(27)19(5)22(26)18(4)11-17(3)12-29-15-30-13-20-9-7-6-8-10-20/h6-11,16-17,19,21-22,26H,12-15H2,1-5H3/b18-11+/t17-,19+,21-,22-/m0/s1. The van der Waals surface area contributed by atoms with Gasteiger partial charge >= 0.3 is 6.09 Å². The van der Waals surface area contributed by atoms with E-state index in [4.69, 9.17) is 14.2 Å². The second-order valence-corrected chi connectivity index (χ2v) is 8.54. The predicted octanol–water partition coefficient (Wildman–Crippen LogP) is 3.76. The van der Waals surface area contributed by atoms with Crippen molar-refractivity contribution in [3.05, 3.63) is 47.5 Å². The number of aliphatic hydroxyl groups excluding tert-OH is 1. The number of ether oxygens (including phenoxy) is 3. The Labute approximate surface area is 185 Å². The number of carbonyl (C=O) groups is 2. The van der Waals surface area contributed by atoms with Crippen LogP contribution in [0.1, 0.15) is 40.2 Å². The average molecular weight is 434 g/mol. The number of cyclic esters (lactones) is 1. The third-order valence-electron chi connectivity index (χ3n) is 5.45. The van der Waals surface area contributed by atoms with E-state index < -0.39 is 24.0 Å². The monoisotopic (exact) mass is 433 g/mol. The Morgan fingerprint density at radius 3 is 2.55 bits per heavy atom. The molecule has 1 aromatic carbocycles. The fraction of sp³-hybridized carbons (Fsp3) is 0.583. The Balaban J connectivity index is 1.81. The van der Waals surface area contributed by atoms with Gasteiger partial charge in [-0.1, -0.05) is 64.1 Å². The second-order valence-electron chi connectivity index (χ2n) is 8.54. The Hall–Kier alpha value is -2.22. The van der Waals surface area contributed by atoms with E-state index in [0.717, 1.165) is 10.5 Å². The molecule has 2 amide bonds. The molecular formula is C24H35NO6. The quantitative estimate of drug-likeness (QED) is 0.325. The number of benzene rings is 1. The van der Waals surface area contributed by atoms with Crippen LogP contribution in [0.15, 0.2) is 42.0 Å². The first-order chi connectivity index (χ1) is 14.7. The van der Waals surface area contributed by atoms with Crippen LogP contribution in [0.4, 0.5) is 4.79 Å². The molecule has 1 aliphatic rings. The maximum absolute atomic E-state index is 12.9. The lowest BCUT2D eigenvalue weighted by atomic mass is 9.93. The minimum absolute atomic E-state index is 0.0254. The fourth-order valence-corrected chi connectivity index (χ4v) is 3.55. The highest BCUT2D eigenvalue weighted by molar-refractivity contribution is 5.95. The summed E-state index contributed by atoms with van der Waals surface area (Å²) >= 11 is 0. The molecule has 0 aliphatic carbocycles. The van der Waals surface area contributed by atoms with Crippen LogP contribution in [-0.4, -0.2) is 54.2 Å². The van der Waals surface area contributed by atoms with E-state index in [2.05, 4.69) is 0 Å². The van der Waals surface area contributed by atoms with Gasteiger partial charge in [0.1, 0.15) is 13.4 Å². The van der Waals surface area contributed by atoms with Crippen molar-refractivity contribution in [2.45, 2.75) is 53.4 Å². The van der Waals surface area contributed by atoms with Gasteiger partial charge in [0.15, 0.2) is 0 Å². The van der Waals surface area contributed by atoms with E-state index in [1.165, 1.54) is 0 Å². The summed E-state index contributed by atoms with van der Waals surface area (Å²) in [5, 5.41) is 10.7. The highest BCUT2D eigenvalue weighted by Crippen LogP contribution is 2.25. The molecule has 1 N–H and O–H groups in total. The van der Waals surface area contributed by atoms with Crippen LogP contribution in [-0.2, 0) is 25.6 Å². The molecule has 1 fully saturated rings. The predicted molar refractivity (Wildman–Crippen MR) is 117 cm³/mol. The summed E-state index contributed by atoms with van der Waals surface area (Å²) in [5.74, 6) is -1.07. The Bertz CT molecular complexity index is 748. The first kappa shape index (κ1) is 25.0. The molecule has 0 aromatic heterocycles. The number of nitrogens with zero attached hydrogens (tertiary/aromatic N) is 1. The summed E-state index contributed by atoms with van der Waals surface area (Å²) in [7, 11) is 0. The molecule has 172 valence electrons. The SMILES string of the molecule is C/C(=C\[C@H](C)COCOCc1ccccc1)[C@H](O)[C@@H](C)C(=O)N1C(=O)OC[C@H]1C(C)C. The lowest BCUT2D eigenvalue weighted by Crippen LogP contribution is -2.47. The summed E-state index contributed by atoms with van der Waals surface area (Å²) in [6.07, 6.45) is 0.251. The van der Waals surface area contributed by atoms with Crippen molar-refractivity contribution in [1.82, 2.24) is 4.90 Å². The third-order valence-corrected chi connectivity index (χ3v) is 5.45. The highest BCUT2D eigenvalue weighted by Gasteiger charge is 2.42. The first-order valence-corrected chi connectivity index (χ1v) is 10.8. The molecule has 7 heteroatoms. The molecule has 7 nitrogen and oxygen atoms in total. The van der Waals surface area contributed by atoms with Crippen LogP contribution in [0.2, 0.25) is 0 Å². The lowest BCUT2D eigenvalue weighted by molar-refractivity contribution is -0.136. The molecule has 2 rings (SSSR count). The molecule has 0 spiro atoms. The van der Waals surface area contributed by atoms with Gasteiger partial charge in [0, 0.05) is 0 Å². The van der Waals surface area contributed by atoms with Crippen molar-refractivity contribution in [3.8, 4) is 0 Å². The number of hydrogen-bond acceptors (Lipinski definition) is 6. The molecule has 0 radical (unpaired) electrons. The first-order valence-electron chi connectivity index (χ1n) is 10.8. The van der Waals surface area contributed by atoms with Crippen LogP contribution in [0.3, 0.4) is 0 Å². The van der Waals surface area contributed by atoms with Crippen molar-refractivity contribution in [3.63, 3.8) is 0 Å². The minimum atomic E-state index is -0.995. The molecule has 0 saturated carbocycles. The summed E-state index contributed by atoms with van der Waals surface area (Å²) < 4.78 is 16.1. The number of hydrogen-bond donors (Lipinski definition) is 1. The van der Waals surface area contributed by atoms with Gasteiger partial charge < -0.3 is 19.3 Å². The molecule has 4 atom stereocenters. The van der Waals surface area contributed by atoms with E-state index in [1.54, 1.807) is 13.8 Å². The van der Waals surface area contributed by atoms with Gasteiger partial charge in [-0.3, -0.25) is 4.79 Å². The summed E-state index contributed by atoms with van der Waals surface area (Å²) in [6, 6.07) is 9.55. The topological polar surface area (TPSA) is 85.3 Å². The Morgan fingerprint density at radius 2 is 1.90 bits per heavy atom. The third kappa shape index (κ3) is 7.16. The zero-order valence-electron chi connectivity index (χ0n) is 19.1. The van der Waals surface area contributed by atoms with Gasteiger partial charge in [-0.25, -0.2) is 9.69 Å². The highest BCUT2D eigenvalue weighted by atomic mass is 16.7. The van der Waals surface area contributed by atoms with E-state index in [9.17, 15) is 14.7 Å². The van der Waals surface area contributed by atoms with Crippen molar-refractivity contribution < 1.29 is 28.9 Å². The molecule has 0 bridgehead atoms. The van der Waals surface area contributed by atoms with Crippen molar-refractivity contribution in [2.24, 2.45) is 17.8 Å². The minimum Gasteiger partial charge on any atom is -0.447 e. The Morgan fingerprint density at radius 1 is 1.23 bits per heavy atom. The lowest BCUT2D eigenvalue weighted by Gasteiger charge is -2.27. The van der Waals surface area contributed by atoms with Gasteiger partial charge in [0.25, 0.3) is 0 Å². The molecule has 0 unspecified atom stereocenters. The summed E-state index contributed by atoms with van der Waals surface area (Å²) in [5.41, 5.74) is 1.74. The molecule has 1 aromatic rings. The van der Waals surface area contributed by atoms with Gasteiger partial charge in [-0.15, -0.1) is 0 Å². The number of aliphatic hydroxyl groups is 1. The number of carbonyl (C=O) groups excluding carboxylic acids is 2. The fourth-order valence-electron chi connectivity index (χ4n) is 3.55. The van der Waals surface area contributed by atoms with Gasteiger partial charge in [0.2, 0.25) is 5.91 Å². The second kappa shape index (κ2) is 12.0. The Kier molecular flexibility index (Phi) is 9.68. The van der Waals surface area contributed by atoms with E-state index >= 15 is 0 Å². The summed E-state index contributed by atoms with van der Waals surface area (Å²) in [6.45, 7) is 10.5. The maximum atomic E-state index is 12.9. The van der Waals surface area contributed by atoms with Crippen LogP contribution in [0.25, 0.3) is 0 Å². The van der Waals surface area contributed by atoms with Crippen molar-refractivity contribution in [2.75, 3.05) is 20.0 Å². The van der Waals surface area contributed by atoms with Gasteiger partial charge in [0.05, 0.1) is 31.3 Å². The number of amides is 2. The summed E-state index contributed by atoms with van der Waals surface area (Å²) in [4.78, 5) is 26.0. The zero-order valence-corrected chi connectivity index (χ0v) is 19.1. The zero-order chi connectivity index (χ0) is 23.0. The van der Waals surface area contributed by atoms with E-state index in [-0.39, 0.29) is 31.3 Å². The van der Waals surface area contributed by atoms with E-state index in [1.807, 2.05) is 57.2 Å². The molecule has 1 heterocycles. The van der Waals surface area contributed by atoms with E-state index in [0.29, 0.717) is 18.8 Å². The van der Waals surface area contributed by atoms with Crippen molar-refractivity contribution >= 4 is 12.0 Å². The molecule has 31 heavy (non-hydrogen) atoms. The van der Waals surface area contributed by atoms with Gasteiger partial charge in [-0.2, -0.15) is 0 Å². The van der Waals surface area contributed by atoms with Crippen LogP contribution >= 0.6 is 0 Å². The van der Waals surface area contributed by atoms with Gasteiger partial charge in [-0.05, 0) is 29.9 Å². The number of imide groups is 1. The van der Waals surface area contributed by atoms with Crippen LogP contribution in [0, 0.1) is 17.8 Å². The molecule has 1 aliphatic heterocycles. The van der Waals surface area contributed by atoms with Crippen molar-refractivity contribution in [1.29, 1.82) is 0 Å². The van der Waals surface area contributed by atoms with Crippen LogP contribution in [0.5, 0.6) is 0 Å². The van der Waals surface area contributed by atoms with Crippen LogP contribution < -0.4 is 0 Å². The smallest absolute Gasteiger partial charge is 0.416 e. The normalized spacial score (nSPS) is 20.0. The molecule has 1 saturated heterocycles. The maximum Gasteiger partial charge on any atom is 0.416 e. The number of rotatable bonds is 11. The molecular weight excluding hydrogens is 398 g/mol. The largest absolute Gasteiger partial charge is 0.447 e. The average Bonchev–Trinajstić information content (AvgIpc) is 3.14.